The second-order valence-electron chi connectivity index (χ2n) is 24.2. The van der Waals surface area contributed by atoms with Crippen molar-refractivity contribution in [3.8, 4) is 47.3 Å². The zero-order valence-corrected chi connectivity index (χ0v) is 55.3. The van der Waals surface area contributed by atoms with Crippen LogP contribution in [0.5, 0.6) is 0 Å². The molecule has 3 heterocycles. The molecule has 0 radical (unpaired) electrons. The van der Waals surface area contributed by atoms with Gasteiger partial charge in [-0.3, -0.25) is 19.4 Å². The molecule has 3 aliphatic carbocycles. The number of hydrogen-bond donors (Lipinski definition) is 2. The maximum atomic E-state index is 12.4. The number of nitrogens with zero attached hydrogens (tertiary/aromatic N) is 9. The zero-order chi connectivity index (χ0) is 62.3. The first kappa shape index (κ1) is 66.0. The summed E-state index contributed by atoms with van der Waals surface area (Å²) in [4.78, 5) is 56.5. The van der Waals surface area contributed by atoms with Gasteiger partial charge in [-0.1, -0.05) is 89.6 Å². The van der Waals surface area contributed by atoms with Crippen molar-refractivity contribution in [2.45, 2.75) is 112 Å². The average Bonchev–Trinajstić information content (AvgIpc) is 3.65. The summed E-state index contributed by atoms with van der Waals surface area (Å²) < 4.78 is 2.09. The summed E-state index contributed by atoms with van der Waals surface area (Å²) in [5.41, 5.74) is 10.9. The summed E-state index contributed by atoms with van der Waals surface area (Å²) in [6.45, 7) is 20.0. The van der Waals surface area contributed by atoms with Crippen molar-refractivity contribution in [3.63, 3.8) is 0 Å². The summed E-state index contributed by atoms with van der Waals surface area (Å²) >= 11 is 6.82. The van der Waals surface area contributed by atoms with Crippen molar-refractivity contribution >= 4 is 76.4 Å². The number of nitrogens with one attached hydrogen (secondary N) is 2. The Morgan fingerprint density at radius 1 is 0.605 bits per heavy atom. The fourth-order valence-corrected chi connectivity index (χ4v) is 10.2. The Balaban J connectivity index is 0.000000165. The molecule has 86 heavy (non-hydrogen) atoms. The lowest BCUT2D eigenvalue weighted by Gasteiger charge is -2.34. The van der Waals surface area contributed by atoms with Gasteiger partial charge in [0.15, 0.2) is 0 Å². The molecule has 5 aromatic carbocycles. The standard InChI is InChI=1S/C24H24N4O.C20H29NO.C13H12BrN3.C9H7BrN2.C5H9N/c1-4-28(3)12-11-23-25-15-19-13-17(7-10-22(19)27-23)21-14-18(6-5-16(21)2)24(29)26-20-8-9-20;1-13-6-7-14(18(22)21-16-8-9-16)10-17(13)15-11-19(2,3)20(4,5)12-15;1-17(2)7-3-4-13-15-9-10-8-11(14)5-6-12(10)16-13;1-6-11-5-7-4-8(10)2-3-9(7)12-6;1-4-5-6(2)3/h5-7,10,13-15,20H,4,8-9H2,1-3H3,(H,26,29);6-7,10,15-16H,8-9,11-12H2,1-5H3,(H,21,22);5-6,8-9H,7H2,1-2H3;2-5H,1H3;1H,5H2,2-3H3. The number of fused-ring (bicyclic) bond motifs is 3. The molecule has 3 fully saturated rings. The molecule has 0 saturated heterocycles. The summed E-state index contributed by atoms with van der Waals surface area (Å²) in [7, 11) is 9.78. The number of amides is 2. The van der Waals surface area contributed by atoms with E-state index >= 15 is 0 Å². The van der Waals surface area contributed by atoms with Gasteiger partial charge >= 0.3 is 0 Å². The fourth-order valence-electron chi connectivity index (χ4n) is 9.47. The van der Waals surface area contributed by atoms with E-state index in [-0.39, 0.29) is 11.8 Å². The molecule has 3 aromatic heterocycles. The Hall–Kier alpha value is -7.58. The predicted octanol–water partition coefficient (Wildman–Crippen LogP) is 13.8. The van der Waals surface area contributed by atoms with Crippen molar-refractivity contribution < 1.29 is 9.59 Å². The highest BCUT2D eigenvalue weighted by Gasteiger charge is 2.47. The zero-order valence-electron chi connectivity index (χ0n) is 52.2. The van der Waals surface area contributed by atoms with Crippen molar-refractivity contribution in [2.75, 3.05) is 54.9 Å². The van der Waals surface area contributed by atoms with E-state index in [0.717, 1.165) is 109 Å². The molecule has 0 bridgehead atoms. The summed E-state index contributed by atoms with van der Waals surface area (Å²) in [5, 5.41) is 9.18. The minimum absolute atomic E-state index is 0.00173. The third-order valence-corrected chi connectivity index (χ3v) is 16.6. The van der Waals surface area contributed by atoms with Crippen molar-refractivity contribution in [3.05, 3.63) is 164 Å². The lowest BCUT2D eigenvalue weighted by atomic mass is 9.71. The molecule has 15 heteroatoms. The molecule has 0 unspecified atom stereocenters. The van der Waals surface area contributed by atoms with Crippen LogP contribution < -0.4 is 10.6 Å². The van der Waals surface area contributed by atoms with E-state index in [1.165, 1.54) is 24.0 Å². The van der Waals surface area contributed by atoms with Gasteiger partial charge in [-0.15, -0.1) is 6.42 Å². The first-order valence-electron chi connectivity index (χ1n) is 29.3. The number of aromatic nitrogens is 6. The Bertz CT molecular complexity index is 3820. The van der Waals surface area contributed by atoms with Crippen LogP contribution in [0.15, 0.2) is 119 Å². The van der Waals surface area contributed by atoms with E-state index in [4.69, 9.17) is 6.42 Å². The molecule has 8 aromatic rings. The van der Waals surface area contributed by atoms with E-state index in [1.807, 2.05) is 143 Å². The fraction of sp³-hybridized carbons (Fsp3) is 0.380. The second kappa shape index (κ2) is 30.2. The van der Waals surface area contributed by atoms with Crippen molar-refractivity contribution in [2.24, 2.45) is 10.8 Å². The minimum atomic E-state index is -0.00173. The lowest BCUT2D eigenvalue weighted by Crippen LogP contribution is -2.25. The minimum Gasteiger partial charge on any atom is -0.349 e. The Labute approximate surface area is 526 Å². The van der Waals surface area contributed by atoms with E-state index < -0.39 is 0 Å². The quantitative estimate of drug-likeness (QED) is 0.105. The number of terminal acetylenes is 1. The van der Waals surface area contributed by atoms with Crippen LogP contribution in [0.3, 0.4) is 0 Å². The Morgan fingerprint density at radius 3 is 1.60 bits per heavy atom. The highest BCUT2D eigenvalue weighted by atomic mass is 79.9. The van der Waals surface area contributed by atoms with Gasteiger partial charge < -0.3 is 15.5 Å². The van der Waals surface area contributed by atoms with Crippen LogP contribution >= 0.6 is 31.9 Å². The van der Waals surface area contributed by atoms with Crippen LogP contribution in [-0.4, -0.2) is 123 Å². The molecular weight excluding hydrogens is 1200 g/mol. The van der Waals surface area contributed by atoms with Crippen molar-refractivity contribution in [1.82, 2.24) is 55.2 Å². The SMILES string of the molecule is C#CCN(C)C.CCN(C)C#Cc1ncc2cc(-c3cc(C(=O)NC4CC4)ccc3C)ccc2n1.CN(C)CC#Cc1ncc2cc(Br)ccc2n1.Cc1ccc(C(=O)NC2CC2)cc1C1CC(C)(C)C(C)(C)C1.Cc1ncc2cc(Br)ccc2n1. The second-order valence-corrected chi connectivity index (χ2v) is 26.0. The number of aryl methyl sites for hydroxylation is 3. The number of carbonyl (C=O) groups is 2. The molecule has 0 atom stereocenters. The highest BCUT2D eigenvalue weighted by molar-refractivity contribution is 9.10. The van der Waals surface area contributed by atoms with Gasteiger partial charge in [-0.25, -0.2) is 29.9 Å². The van der Waals surface area contributed by atoms with Gasteiger partial charge in [-0.05, 0) is 224 Å². The van der Waals surface area contributed by atoms with Crippen molar-refractivity contribution in [1.29, 1.82) is 0 Å². The highest BCUT2D eigenvalue weighted by Crippen LogP contribution is 2.58. The molecule has 11 rings (SSSR count). The molecule has 2 N–H and O–H groups in total. The van der Waals surface area contributed by atoms with Gasteiger partial charge in [0, 0.05) is 86.5 Å². The summed E-state index contributed by atoms with van der Waals surface area (Å²) in [6, 6.07) is 33.8. The average molecular weight is 1280 g/mol. The van der Waals surface area contributed by atoms with Gasteiger partial charge in [-0.2, -0.15) is 0 Å². The summed E-state index contributed by atoms with van der Waals surface area (Å²) in [5.74, 6) is 14.0. The van der Waals surface area contributed by atoms with E-state index in [1.54, 1.807) is 12.4 Å². The molecule has 0 spiro atoms. The van der Waals surface area contributed by atoms with E-state index in [9.17, 15) is 9.59 Å². The Morgan fingerprint density at radius 2 is 1.09 bits per heavy atom. The monoisotopic (exact) mass is 1280 g/mol. The third-order valence-electron chi connectivity index (χ3n) is 15.6. The first-order valence-corrected chi connectivity index (χ1v) is 30.8. The maximum Gasteiger partial charge on any atom is 0.251 e. The van der Waals surface area contributed by atoms with Crippen LogP contribution in [0.2, 0.25) is 0 Å². The number of rotatable bonds is 9. The normalized spacial score (nSPS) is 14.5. The van der Waals surface area contributed by atoms with Crippen LogP contribution in [-0.2, 0) is 0 Å². The summed E-state index contributed by atoms with van der Waals surface area (Å²) in [6.07, 6.45) is 17.2. The Kier molecular flexibility index (Phi) is 23.1. The van der Waals surface area contributed by atoms with Gasteiger partial charge in [0.1, 0.15) is 5.82 Å². The maximum absolute atomic E-state index is 12.4. The smallest absolute Gasteiger partial charge is 0.251 e. The molecule has 446 valence electrons. The first-order chi connectivity index (χ1) is 40.9. The largest absolute Gasteiger partial charge is 0.349 e. The number of hydrogen-bond acceptors (Lipinski definition) is 11. The number of benzene rings is 5. The number of carbonyl (C=O) groups excluding carboxylic acids is 2. The molecule has 3 saturated carbocycles. The molecule has 13 nitrogen and oxygen atoms in total. The third kappa shape index (κ3) is 19.5. The predicted molar refractivity (Wildman–Crippen MR) is 359 cm³/mol. The van der Waals surface area contributed by atoms with E-state index in [2.05, 4.69) is 162 Å². The molecular formula is C71H81Br2N11O2. The van der Waals surface area contributed by atoms with E-state index in [0.29, 0.717) is 52.6 Å². The van der Waals surface area contributed by atoms with Gasteiger partial charge in [0.25, 0.3) is 11.8 Å². The lowest BCUT2D eigenvalue weighted by molar-refractivity contribution is 0.0942. The molecule has 0 aliphatic heterocycles. The van der Waals surface area contributed by atoms with Crippen LogP contribution in [0.4, 0.5) is 0 Å². The van der Waals surface area contributed by atoms with Crippen LogP contribution in [0, 0.1) is 67.8 Å². The van der Waals surface area contributed by atoms with Gasteiger partial charge in [0.05, 0.1) is 29.6 Å². The topological polar surface area (TPSA) is 145 Å². The molecule has 2 amide bonds. The molecule has 3 aliphatic rings. The number of halogens is 2. The van der Waals surface area contributed by atoms with Gasteiger partial charge in [0.2, 0.25) is 11.6 Å². The van der Waals surface area contributed by atoms with Crippen LogP contribution in [0.25, 0.3) is 43.8 Å². The van der Waals surface area contributed by atoms with Crippen LogP contribution in [0.1, 0.15) is 134 Å².